The van der Waals surface area contributed by atoms with E-state index in [1.807, 2.05) is 35.2 Å². The number of nitrogen functional groups attached to an aromatic ring is 1. The molecule has 0 aliphatic carbocycles. The van der Waals surface area contributed by atoms with E-state index in [1.165, 1.54) is 0 Å². The number of fused-ring (bicyclic) bond motifs is 3. The number of phenolic OH excluding ortho intramolecular Hbond substituents is 1. The zero-order valence-electron chi connectivity index (χ0n) is 35.6. The molecule has 3 unspecified atom stereocenters. The van der Waals surface area contributed by atoms with Gasteiger partial charge in [0.2, 0.25) is 17.7 Å². The molecule has 5 saturated heterocycles. The summed E-state index contributed by atoms with van der Waals surface area (Å²) in [6, 6.07) is 22.1. The smallest absolute Gasteiger partial charge is 0.264 e. The minimum atomic E-state index is -1.02. The molecule has 17 heteroatoms. The number of hydrogen-bond acceptors (Lipinski definition) is 14. The summed E-state index contributed by atoms with van der Waals surface area (Å²) in [4.78, 5) is 77.2. The van der Waals surface area contributed by atoms with Gasteiger partial charge in [0, 0.05) is 101 Å². The molecule has 17 nitrogen and oxygen atoms in total. The van der Waals surface area contributed by atoms with Gasteiger partial charge in [-0.15, -0.1) is 10.2 Å². The van der Waals surface area contributed by atoms with E-state index in [9.17, 15) is 29.1 Å². The number of carbonyl (C=O) groups is 5. The number of piperazine rings is 2. The number of carbonyl (C=O) groups excluding carboxylic acids is 5. The number of anilines is 4. The summed E-state index contributed by atoms with van der Waals surface area (Å²) in [7, 11) is 0. The van der Waals surface area contributed by atoms with Crippen molar-refractivity contribution in [3.63, 3.8) is 0 Å². The number of aromatic hydroxyl groups is 1. The van der Waals surface area contributed by atoms with Gasteiger partial charge in [-0.1, -0.05) is 24.3 Å². The van der Waals surface area contributed by atoms with Crippen LogP contribution in [0.15, 0.2) is 72.8 Å². The molecule has 2 bridgehead atoms. The van der Waals surface area contributed by atoms with Crippen LogP contribution in [0.4, 0.5) is 22.9 Å². The van der Waals surface area contributed by atoms with Crippen molar-refractivity contribution in [3.8, 4) is 22.8 Å². The second-order valence-corrected chi connectivity index (χ2v) is 17.6. The highest BCUT2D eigenvalue weighted by Crippen LogP contribution is 2.40. The lowest BCUT2D eigenvalue weighted by Gasteiger charge is -2.43. The summed E-state index contributed by atoms with van der Waals surface area (Å²) < 4.78 is 6.32. The van der Waals surface area contributed by atoms with Crippen LogP contribution in [0.2, 0.25) is 0 Å². The van der Waals surface area contributed by atoms with E-state index >= 15 is 0 Å². The average molecular weight is 869 g/mol. The second-order valence-electron chi connectivity index (χ2n) is 17.6. The molecule has 332 valence electrons. The number of piperidine rings is 2. The Balaban J connectivity index is 0.686. The number of amides is 5. The number of para-hydroxylation sites is 1. The number of nitrogens with two attached hydrogens (primary N) is 1. The Bertz CT molecular complexity index is 2490. The maximum atomic E-state index is 13.7. The predicted octanol–water partition coefficient (Wildman–Crippen LogP) is 3.13. The first-order valence-corrected chi connectivity index (χ1v) is 22.4. The van der Waals surface area contributed by atoms with Gasteiger partial charge in [-0.2, -0.15) is 0 Å². The van der Waals surface area contributed by atoms with Gasteiger partial charge < -0.3 is 35.2 Å². The Morgan fingerprint density at radius 2 is 1.50 bits per heavy atom. The van der Waals surface area contributed by atoms with Gasteiger partial charge in [-0.25, -0.2) is 0 Å². The Labute approximate surface area is 370 Å². The first-order chi connectivity index (χ1) is 31.1. The number of benzene rings is 3. The number of ether oxygens (including phenoxy) is 1. The van der Waals surface area contributed by atoms with Crippen molar-refractivity contribution in [1.82, 2.24) is 30.2 Å². The fourth-order valence-electron chi connectivity index (χ4n) is 10.6. The minimum Gasteiger partial charge on any atom is -0.507 e. The van der Waals surface area contributed by atoms with Crippen LogP contribution < -0.4 is 30.5 Å². The maximum Gasteiger partial charge on any atom is 0.264 e. The minimum absolute atomic E-state index is 0.0645. The number of phenols is 1. The van der Waals surface area contributed by atoms with Gasteiger partial charge >= 0.3 is 0 Å². The van der Waals surface area contributed by atoms with Crippen molar-refractivity contribution in [2.45, 2.75) is 56.7 Å². The maximum absolute atomic E-state index is 13.7. The van der Waals surface area contributed by atoms with Crippen molar-refractivity contribution >= 4 is 52.4 Å². The molecule has 7 heterocycles. The number of nitrogens with zero attached hydrogens (tertiary/aromatic N) is 8. The van der Waals surface area contributed by atoms with E-state index < -0.39 is 29.7 Å². The third-order valence-electron chi connectivity index (χ3n) is 13.9. The van der Waals surface area contributed by atoms with E-state index in [0.717, 1.165) is 67.6 Å². The number of rotatable bonds is 10. The molecule has 3 aromatic carbocycles. The highest BCUT2D eigenvalue weighted by Gasteiger charge is 2.47. The van der Waals surface area contributed by atoms with Gasteiger partial charge in [0.15, 0.2) is 5.82 Å². The van der Waals surface area contributed by atoms with Crippen LogP contribution in [-0.2, 0) is 14.4 Å². The topological polar surface area (TPSA) is 198 Å². The summed E-state index contributed by atoms with van der Waals surface area (Å²) in [6.07, 6.45) is 3.57. The van der Waals surface area contributed by atoms with Crippen molar-refractivity contribution in [2.24, 2.45) is 5.92 Å². The van der Waals surface area contributed by atoms with Crippen LogP contribution in [0.3, 0.4) is 0 Å². The standard InChI is InChI=1S/C47H52N10O7/c48-43-39(26-36(50-51-43)34-7-1-2-10-40(34)58)55-27-31-11-12-32(28-55)56(31)30-5-3-6-33(25-30)64-24-23-52-19-21-54(22-20-52)45(61)29-15-17-53(18-16-29)37-9-4-8-35-42(37)47(63)57(46(35)62)38-13-14-41(59)49-44(38)60/h1-10,25-26,29,31-32,38,58H,11-24,27-28H2,(H2,48,51)(H,49,59,60). The number of aromatic nitrogens is 2. The van der Waals surface area contributed by atoms with Gasteiger partial charge in [0.25, 0.3) is 11.8 Å². The molecule has 6 aliphatic rings. The van der Waals surface area contributed by atoms with E-state index in [1.54, 1.807) is 24.3 Å². The van der Waals surface area contributed by atoms with Crippen molar-refractivity contribution in [3.05, 3.63) is 83.9 Å². The molecule has 3 atom stereocenters. The highest BCUT2D eigenvalue weighted by molar-refractivity contribution is 6.25. The molecule has 4 N–H and O–H groups in total. The number of hydrogen-bond donors (Lipinski definition) is 3. The largest absolute Gasteiger partial charge is 0.507 e. The second kappa shape index (κ2) is 17.1. The lowest BCUT2D eigenvalue weighted by atomic mass is 9.93. The van der Waals surface area contributed by atoms with E-state index in [2.05, 4.69) is 53.3 Å². The average Bonchev–Trinajstić information content (AvgIpc) is 3.73. The van der Waals surface area contributed by atoms with E-state index in [-0.39, 0.29) is 41.5 Å². The van der Waals surface area contributed by atoms with Gasteiger partial charge in [0.05, 0.1) is 28.2 Å². The summed E-state index contributed by atoms with van der Waals surface area (Å²) in [6.45, 7) is 6.83. The van der Waals surface area contributed by atoms with Crippen LogP contribution in [0.25, 0.3) is 11.3 Å². The molecule has 1 aromatic heterocycles. The molecule has 64 heavy (non-hydrogen) atoms. The molecule has 0 saturated carbocycles. The van der Waals surface area contributed by atoms with Crippen molar-refractivity contribution < 1.29 is 33.8 Å². The van der Waals surface area contributed by atoms with Crippen molar-refractivity contribution in [1.29, 1.82) is 0 Å². The van der Waals surface area contributed by atoms with Crippen molar-refractivity contribution in [2.75, 3.05) is 85.9 Å². The lowest BCUT2D eigenvalue weighted by Crippen LogP contribution is -2.54. The zero-order valence-corrected chi connectivity index (χ0v) is 35.6. The first-order valence-electron chi connectivity index (χ1n) is 22.4. The number of nitrogens with one attached hydrogen (secondary N) is 1. The molecule has 0 spiro atoms. The zero-order chi connectivity index (χ0) is 44.1. The van der Waals surface area contributed by atoms with Crippen LogP contribution in [0.1, 0.15) is 59.2 Å². The molecule has 5 fully saturated rings. The Morgan fingerprint density at radius 3 is 2.25 bits per heavy atom. The normalized spacial score (nSPS) is 22.9. The van der Waals surface area contributed by atoms with E-state index in [0.29, 0.717) is 80.5 Å². The Morgan fingerprint density at radius 1 is 0.766 bits per heavy atom. The van der Waals surface area contributed by atoms with Gasteiger partial charge in [-0.05, 0) is 74.6 Å². The fraction of sp³-hybridized carbons (Fsp3) is 0.426. The third-order valence-corrected chi connectivity index (χ3v) is 13.9. The van der Waals surface area contributed by atoms with Crippen LogP contribution in [-0.4, -0.2) is 143 Å². The summed E-state index contributed by atoms with van der Waals surface area (Å²) in [5.74, 6) is -0.692. The quantitative estimate of drug-likeness (QED) is 0.197. The Hall–Kier alpha value is -6.75. The molecule has 6 aliphatic heterocycles. The first kappa shape index (κ1) is 41.3. The van der Waals surface area contributed by atoms with E-state index in [4.69, 9.17) is 10.5 Å². The third kappa shape index (κ3) is 7.71. The van der Waals surface area contributed by atoms with Gasteiger partial charge in [0.1, 0.15) is 24.1 Å². The van der Waals surface area contributed by atoms with Crippen LogP contribution in [0.5, 0.6) is 11.5 Å². The molecule has 0 radical (unpaired) electrons. The predicted molar refractivity (Wildman–Crippen MR) is 238 cm³/mol. The fourth-order valence-corrected chi connectivity index (χ4v) is 10.6. The number of imide groups is 2. The highest BCUT2D eigenvalue weighted by atomic mass is 16.5. The van der Waals surface area contributed by atoms with Crippen LogP contribution in [0, 0.1) is 5.92 Å². The van der Waals surface area contributed by atoms with Gasteiger partial charge in [-0.3, -0.25) is 39.1 Å². The van der Waals surface area contributed by atoms with Crippen LogP contribution >= 0.6 is 0 Å². The lowest BCUT2D eigenvalue weighted by molar-refractivity contribution is -0.138. The molecule has 5 amide bonds. The molecular weight excluding hydrogens is 817 g/mol. The summed E-state index contributed by atoms with van der Waals surface area (Å²) in [5.41, 5.74) is 10.7. The molecule has 4 aromatic rings. The Kier molecular flexibility index (Phi) is 11.0. The monoisotopic (exact) mass is 868 g/mol. The summed E-state index contributed by atoms with van der Waals surface area (Å²) >= 11 is 0. The molecular formula is C47H52N10O7. The summed E-state index contributed by atoms with van der Waals surface area (Å²) in [5, 5.41) is 21.2. The SMILES string of the molecule is Nc1nnc(-c2ccccc2O)cc1N1CC2CCC(C1)N2c1cccc(OCCN2CCN(C(=O)C3CCN(c4cccc5c4C(=O)N(C4CCC(=O)NC4=O)C5=O)CC3)CC2)c1. The molecule has 10 rings (SSSR count).